The van der Waals surface area contributed by atoms with Crippen molar-refractivity contribution in [1.29, 1.82) is 0 Å². The molecule has 11 nitrogen and oxygen atoms in total. The van der Waals surface area contributed by atoms with E-state index in [0.29, 0.717) is 29.4 Å². The van der Waals surface area contributed by atoms with Crippen LogP contribution >= 0.6 is 0 Å². The number of nitrogens with one attached hydrogen (secondary N) is 3. The number of esters is 1. The Balaban J connectivity index is 2.26. The molecule has 2 aromatic rings. The number of methoxy groups -OCH3 is 3. The third-order valence-electron chi connectivity index (χ3n) is 4.29. The van der Waals surface area contributed by atoms with Gasteiger partial charge in [0.05, 0.1) is 27.9 Å². The summed E-state index contributed by atoms with van der Waals surface area (Å²) in [5, 5.41) is 5.14. The molecule has 0 unspecified atom stereocenters. The first kappa shape index (κ1) is 25.2. The van der Waals surface area contributed by atoms with Crippen LogP contribution in [0.25, 0.3) is 6.08 Å². The number of H-pyrrole nitrogens is 1. The van der Waals surface area contributed by atoms with Gasteiger partial charge in [-0.3, -0.25) is 9.59 Å². The lowest BCUT2D eigenvalue weighted by atomic mass is 10.1. The maximum absolute atomic E-state index is 12.5. The highest BCUT2D eigenvalue weighted by molar-refractivity contribution is 6.06. The topological polar surface area (TPSA) is 141 Å². The standard InChI is InChI=1S/C22H28N4O7/c1-6-10-23-21(28)20-25-17(22(29)33-7-2)19(26-20)24-16(27)9-8-13-11-14(30-3)18(32-5)15(12-13)31-4/h8-9,11-12H,6-7,10H2,1-5H3,(H,23,28)(H,24,27)(H,25,26)/b9-8+. The van der Waals surface area contributed by atoms with Gasteiger partial charge in [0.25, 0.3) is 5.91 Å². The summed E-state index contributed by atoms with van der Waals surface area (Å²) in [5.74, 6) is -0.787. The minimum absolute atomic E-state index is 0.115. The molecule has 11 heteroatoms. The number of aromatic amines is 1. The summed E-state index contributed by atoms with van der Waals surface area (Å²) in [7, 11) is 4.46. The molecule has 0 bridgehead atoms. The molecule has 1 heterocycles. The van der Waals surface area contributed by atoms with Crippen LogP contribution in [0.1, 0.15) is 46.9 Å². The van der Waals surface area contributed by atoms with Crippen molar-refractivity contribution < 1.29 is 33.3 Å². The van der Waals surface area contributed by atoms with Crippen LogP contribution in [-0.2, 0) is 9.53 Å². The van der Waals surface area contributed by atoms with E-state index >= 15 is 0 Å². The highest BCUT2D eigenvalue weighted by Gasteiger charge is 2.22. The van der Waals surface area contributed by atoms with Crippen LogP contribution in [-0.4, -0.2) is 62.2 Å². The maximum Gasteiger partial charge on any atom is 0.358 e. The van der Waals surface area contributed by atoms with Crippen molar-refractivity contribution in [1.82, 2.24) is 15.3 Å². The Morgan fingerprint density at radius 3 is 2.27 bits per heavy atom. The fourth-order valence-corrected chi connectivity index (χ4v) is 2.77. The summed E-state index contributed by atoms with van der Waals surface area (Å²) in [6.45, 7) is 4.09. The van der Waals surface area contributed by atoms with Gasteiger partial charge in [-0.1, -0.05) is 6.92 Å². The van der Waals surface area contributed by atoms with Gasteiger partial charge in [-0.15, -0.1) is 0 Å². The van der Waals surface area contributed by atoms with Crippen molar-refractivity contribution >= 4 is 29.7 Å². The first-order valence-corrected chi connectivity index (χ1v) is 10.2. The summed E-state index contributed by atoms with van der Waals surface area (Å²) in [6.07, 6.45) is 3.49. The first-order chi connectivity index (χ1) is 15.9. The summed E-state index contributed by atoms with van der Waals surface area (Å²) < 4.78 is 20.8. The SMILES string of the molecule is CCCNC(=O)c1nc(NC(=O)/C=C/c2cc(OC)c(OC)c(OC)c2)c(C(=O)OCC)[nH]1. The zero-order chi connectivity index (χ0) is 24.4. The van der Waals surface area contributed by atoms with Crippen molar-refractivity contribution in [2.24, 2.45) is 0 Å². The molecule has 0 fully saturated rings. The molecular weight excluding hydrogens is 432 g/mol. The average Bonchev–Trinajstić information content (AvgIpc) is 3.24. The third-order valence-corrected chi connectivity index (χ3v) is 4.29. The number of carbonyl (C=O) groups excluding carboxylic acids is 3. The van der Waals surface area contributed by atoms with E-state index in [1.165, 1.54) is 33.5 Å². The van der Waals surface area contributed by atoms with E-state index in [2.05, 4.69) is 20.6 Å². The van der Waals surface area contributed by atoms with E-state index in [9.17, 15) is 14.4 Å². The molecule has 0 atom stereocenters. The van der Waals surface area contributed by atoms with Crippen molar-refractivity contribution in [3.63, 3.8) is 0 Å². The van der Waals surface area contributed by atoms with E-state index in [1.807, 2.05) is 6.92 Å². The quantitative estimate of drug-likeness (QED) is 0.343. The number of rotatable bonds is 11. The number of amides is 2. The Kier molecular flexibility index (Phi) is 9.28. The number of imidazole rings is 1. The van der Waals surface area contributed by atoms with Crippen LogP contribution in [0.5, 0.6) is 17.2 Å². The van der Waals surface area contributed by atoms with Crippen LogP contribution in [0.3, 0.4) is 0 Å². The van der Waals surface area contributed by atoms with E-state index in [0.717, 1.165) is 6.42 Å². The highest BCUT2D eigenvalue weighted by atomic mass is 16.5. The normalized spacial score (nSPS) is 10.6. The zero-order valence-electron chi connectivity index (χ0n) is 19.2. The molecule has 0 saturated heterocycles. The van der Waals surface area contributed by atoms with Crippen LogP contribution in [0.15, 0.2) is 18.2 Å². The second-order valence-electron chi connectivity index (χ2n) is 6.57. The predicted octanol–water partition coefficient (Wildman–Crippen LogP) is 2.40. The molecule has 0 spiro atoms. The third kappa shape index (κ3) is 6.48. The predicted molar refractivity (Wildman–Crippen MR) is 121 cm³/mol. The number of nitrogens with zero attached hydrogens (tertiary/aromatic N) is 1. The second-order valence-corrected chi connectivity index (χ2v) is 6.57. The molecule has 0 aliphatic carbocycles. The Hall–Kier alpha value is -4.02. The van der Waals surface area contributed by atoms with Gasteiger partial charge in [0.2, 0.25) is 11.7 Å². The lowest BCUT2D eigenvalue weighted by Crippen LogP contribution is -2.25. The Morgan fingerprint density at radius 1 is 1.06 bits per heavy atom. The van der Waals surface area contributed by atoms with E-state index in [-0.39, 0.29) is 23.9 Å². The molecule has 1 aromatic heterocycles. The summed E-state index contributed by atoms with van der Waals surface area (Å²) in [5.41, 5.74) is 0.472. The highest BCUT2D eigenvalue weighted by Crippen LogP contribution is 2.38. The Labute approximate surface area is 191 Å². The largest absolute Gasteiger partial charge is 0.493 e. The van der Waals surface area contributed by atoms with E-state index in [1.54, 1.807) is 19.1 Å². The Morgan fingerprint density at radius 2 is 1.73 bits per heavy atom. The maximum atomic E-state index is 12.5. The number of hydrogen-bond donors (Lipinski definition) is 3. The fraction of sp³-hybridized carbons (Fsp3) is 0.364. The molecular formula is C22H28N4O7. The van der Waals surface area contributed by atoms with Crippen molar-refractivity contribution in [2.45, 2.75) is 20.3 Å². The van der Waals surface area contributed by atoms with Crippen LogP contribution in [0, 0.1) is 0 Å². The number of anilines is 1. The average molecular weight is 460 g/mol. The van der Waals surface area contributed by atoms with Gasteiger partial charge in [0.1, 0.15) is 0 Å². The molecule has 2 rings (SSSR count). The fourth-order valence-electron chi connectivity index (χ4n) is 2.77. The van der Waals surface area contributed by atoms with E-state index < -0.39 is 17.8 Å². The van der Waals surface area contributed by atoms with Gasteiger partial charge < -0.3 is 34.6 Å². The number of benzene rings is 1. The lowest BCUT2D eigenvalue weighted by Gasteiger charge is -2.12. The van der Waals surface area contributed by atoms with Crippen LogP contribution in [0.4, 0.5) is 5.82 Å². The first-order valence-electron chi connectivity index (χ1n) is 10.2. The molecule has 1 aromatic carbocycles. The molecule has 0 radical (unpaired) electrons. The summed E-state index contributed by atoms with van der Waals surface area (Å²) in [6, 6.07) is 3.33. The number of aromatic nitrogens is 2. The van der Waals surface area contributed by atoms with Gasteiger partial charge in [-0.2, -0.15) is 0 Å². The molecule has 3 N–H and O–H groups in total. The smallest absolute Gasteiger partial charge is 0.358 e. The molecule has 0 aliphatic heterocycles. The molecule has 178 valence electrons. The minimum atomic E-state index is -0.747. The number of carbonyl (C=O) groups is 3. The van der Waals surface area contributed by atoms with Crippen molar-refractivity contribution in [3.8, 4) is 17.2 Å². The molecule has 33 heavy (non-hydrogen) atoms. The van der Waals surface area contributed by atoms with Crippen LogP contribution in [0.2, 0.25) is 0 Å². The van der Waals surface area contributed by atoms with Crippen LogP contribution < -0.4 is 24.8 Å². The van der Waals surface area contributed by atoms with Crippen molar-refractivity contribution in [2.75, 3.05) is 39.8 Å². The summed E-state index contributed by atoms with van der Waals surface area (Å²) in [4.78, 5) is 43.6. The minimum Gasteiger partial charge on any atom is -0.493 e. The summed E-state index contributed by atoms with van der Waals surface area (Å²) >= 11 is 0. The zero-order valence-corrected chi connectivity index (χ0v) is 19.2. The van der Waals surface area contributed by atoms with Crippen molar-refractivity contribution in [3.05, 3.63) is 35.3 Å². The van der Waals surface area contributed by atoms with Gasteiger partial charge in [0.15, 0.2) is 28.8 Å². The van der Waals surface area contributed by atoms with Gasteiger partial charge in [-0.25, -0.2) is 9.78 Å². The molecule has 0 saturated carbocycles. The lowest BCUT2D eigenvalue weighted by molar-refractivity contribution is -0.111. The number of ether oxygens (including phenoxy) is 4. The number of hydrogen-bond acceptors (Lipinski definition) is 8. The van der Waals surface area contributed by atoms with E-state index in [4.69, 9.17) is 18.9 Å². The van der Waals surface area contributed by atoms with Gasteiger partial charge in [0, 0.05) is 12.6 Å². The Bertz CT molecular complexity index is 1000. The molecule has 0 aliphatic rings. The van der Waals surface area contributed by atoms with Gasteiger partial charge in [-0.05, 0) is 37.1 Å². The monoisotopic (exact) mass is 460 g/mol. The second kappa shape index (κ2) is 12.1. The van der Waals surface area contributed by atoms with Gasteiger partial charge >= 0.3 is 5.97 Å². The molecule has 2 amide bonds.